The van der Waals surface area contributed by atoms with Crippen molar-refractivity contribution in [2.75, 3.05) is 13.2 Å². The van der Waals surface area contributed by atoms with Gasteiger partial charge in [0.25, 0.3) is 0 Å². The zero-order valence-electron chi connectivity index (χ0n) is 10.5. The molecule has 1 nitrogen and oxygen atoms in total. The van der Waals surface area contributed by atoms with E-state index in [0.29, 0.717) is 0 Å². The highest BCUT2D eigenvalue weighted by molar-refractivity contribution is 5.23. The molecule has 90 valence electrons. The number of hydrogen-bond donors (Lipinski definition) is 0. The molecule has 0 aliphatic heterocycles. The van der Waals surface area contributed by atoms with Crippen molar-refractivity contribution in [3.8, 4) is 0 Å². The largest absolute Gasteiger partial charge is 0.376 e. The molecule has 1 aliphatic rings. The molecule has 2 rings (SSSR count). The molecule has 0 unspecified atom stereocenters. The normalized spacial score (nSPS) is 14.8. The summed E-state index contributed by atoms with van der Waals surface area (Å²) in [7, 11) is 0. The average molecular weight is 228 g/mol. The number of benzene rings is 1. The molecule has 0 atom stereocenters. The standard InChI is InChI=1S/C16H20O/c1-14-7-9-15(10-8-14)11-12-17-13-16-5-3-2-4-6-16/h3,5-10H,2,4,11-13H2,1H3. The van der Waals surface area contributed by atoms with Crippen LogP contribution in [0.2, 0.25) is 0 Å². The van der Waals surface area contributed by atoms with Crippen molar-refractivity contribution in [1.82, 2.24) is 0 Å². The first-order chi connectivity index (χ1) is 8.34. The van der Waals surface area contributed by atoms with Gasteiger partial charge in [0.2, 0.25) is 0 Å². The van der Waals surface area contributed by atoms with Gasteiger partial charge in [-0.05, 0) is 37.3 Å². The van der Waals surface area contributed by atoms with E-state index in [1.165, 1.54) is 23.1 Å². The molecule has 0 N–H and O–H groups in total. The van der Waals surface area contributed by atoms with Gasteiger partial charge in [0.1, 0.15) is 0 Å². The molecule has 0 radical (unpaired) electrons. The summed E-state index contributed by atoms with van der Waals surface area (Å²) in [6.45, 7) is 3.67. The van der Waals surface area contributed by atoms with Gasteiger partial charge in [-0.1, -0.05) is 48.1 Å². The van der Waals surface area contributed by atoms with Crippen molar-refractivity contribution in [1.29, 1.82) is 0 Å². The quantitative estimate of drug-likeness (QED) is 0.696. The highest BCUT2D eigenvalue weighted by Gasteiger charge is 1.98. The summed E-state index contributed by atoms with van der Waals surface area (Å²) in [5.41, 5.74) is 3.98. The molecule has 17 heavy (non-hydrogen) atoms. The second-order valence-electron chi connectivity index (χ2n) is 4.55. The van der Waals surface area contributed by atoms with Gasteiger partial charge in [-0.2, -0.15) is 0 Å². The van der Waals surface area contributed by atoms with Gasteiger partial charge in [-0.15, -0.1) is 0 Å². The Bertz CT molecular complexity index is 398. The lowest BCUT2D eigenvalue weighted by atomic mass is 10.1. The molecular formula is C16H20O. The molecule has 0 fully saturated rings. The van der Waals surface area contributed by atoms with Crippen LogP contribution in [0.15, 0.2) is 48.1 Å². The van der Waals surface area contributed by atoms with E-state index in [4.69, 9.17) is 4.74 Å². The van der Waals surface area contributed by atoms with Crippen LogP contribution in [0, 0.1) is 6.92 Å². The minimum absolute atomic E-state index is 0.752. The SMILES string of the molecule is Cc1ccc(CCOCC2=CCCC=C2)cc1. The molecule has 0 spiro atoms. The number of ether oxygens (including phenoxy) is 1. The summed E-state index contributed by atoms with van der Waals surface area (Å²) < 4.78 is 5.69. The summed E-state index contributed by atoms with van der Waals surface area (Å²) in [5, 5.41) is 0. The van der Waals surface area contributed by atoms with Crippen molar-refractivity contribution in [2.24, 2.45) is 0 Å². The maximum Gasteiger partial charge on any atom is 0.0713 e. The van der Waals surface area contributed by atoms with E-state index < -0.39 is 0 Å². The summed E-state index contributed by atoms with van der Waals surface area (Å²) in [6.07, 6.45) is 10.00. The van der Waals surface area contributed by atoms with Crippen molar-refractivity contribution in [2.45, 2.75) is 26.2 Å². The van der Waals surface area contributed by atoms with Gasteiger partial charge in [0.05, 0.1) is 13.2 Å². The van der Waals surface area contributed by atoms with E-state index in [0.717, 1.165) is 26.1 Å². The van der Waals surface area contributed by atoms with Crippen molar-refractivity contribution < 1.29 is 4.74 Å². The molecule has 0 bridgehead atoms. The van der Waals surface area contributed by atoms with Crippen LogP contribution in [0.25, 0.3) is 0 Å². The van der Waals surface area contributed by atoms with Crippen LogP contribution in [0.4, 0.5) is 0 Å². The summed E-state index contributed by atoms with van der Waals surface area (Å²) in [6, 6.07) is 8.67. The van der Waals surface area contributed by atoms with Gasteiger partial charge in [0.15, 0.2) is 0 Å². The predicted octanol–water partition coefficient (Wildman–Crippen LogP) is 3.83. The van der Waals surface area contributed by atoms with E-state index in [2.05, 4.69) is 49.4 Å². The Labute approximate surface area is 104 Å². The van der Waals surface area contributed by atoms with Gasteiger partial charge < -0.3 is 4.74 Å². The van der Waals surface area contributed by atoms with Crippen LogP contribution in [0.1, 0.15) is 24.0 Å². The summed E-state index contributed by atoms with van der Waals surface area (Å²) in [4.78, 5) is 0. The Hall–Kier alpha value is -1.34. The predicted molar refractivity (Wildman–Crippen MR) is 72.2 cm³/mol. The average Bonchev–Trinajstić information content (AvgIpc) is 2.38. The fraction of sp³-hybridized carbons (Fsp3) is 0.375. The van der Waals surface area contributed by atoms with Crippen LogP contribution in [-0.2, 0) is 11.2 Å². The van der Waals surface area contributed by atoms with E-state index >= 15 is 0 Å². The monoisotopic (exact) mass is 228 g/mol. The summed E-state index contributed by atoms with van der Waals surface area (Å²) in [5.74, 6) is 0. The van der Waals surface area contributed by atoms with Gasteiger partial charge in [-0.25, -0.2) is 0 Å². The van der Waals surface area contributed by atoms with Crippen LogP contribution in [-0.4, -0.2) is 13.2 Å². The number of rotatable bonds is 5. The third kappa shape index (κ3) is 4.20. The lowest BCUT2D eigenvalue weighted by Gasteiger charge is -2.08. The fourth-order valence-corrected chi connectivity index (χ4v) is 1.91. The second-order valence-corrected chi connectivity index (χ2v) is 4.55. The molecule has 0 amide bonds. The van der Waals surface area contributed by atoms with Crippen molar-refractivity contribution in [3.05, 3.63) is 59.2 Å². The highest BCUT2D eigenvalue weighted by atomic mass is 16.5. The fourth-order valence-electron chi connectivity index (χ4n) is 1.91. The van der Waals surface area contributed by atoms with Crippen LogP contribution in [0.3, 0.4) is 0 Å². The third-order valence-corrected chi connectivity index (χ3v) is 3.00. The van der Waals surface area contributed by atoms with Gasteiger partial charge >= 0.3 is 0 Å². The highest BCUT2D eigenvalue weighted by Crippen LogP contribution is 2.10. The summed E-state index contributed by atoms with van der Waals surface area (Å²) >= 11 is 0. The zero-order chi connectivity index (χ0) is 11.9. The van der Waals surface area contributed by atoms with Crippen LogP contribution >= 0.6 is 0 Å². The molecule has 0 saturated heterocycles. The molecule has 1 aliphatic carbocycles. The maximum absolute atomic E-state index is 5.69. The zero-order valence-corrected chi connectivity index (χ0v) is 10.5. The number of allylic oxidation sites excluding steroid dienone is 2. The Morgan fingerprint density at radius 1 is 1.12 bits per heavy atom. The number of hydrogen-bond acceptors (Lipinski definition) is 1. The molecule has 0 heterocycles. The van der Waals surface area contributed by atoms with E-state index in [9.17, 15) is 0 Å². The molecule has 0 saturated carbocycles. The van der Waals surface area contributed by atoms with E-state index in [1.54, 1.807) is 0 Å². The topological polar surface area (TPSA) is 9.23 Å². The van der Waals surface area contributed by atoms with Gasteiger partial charge in [-0.3, -0.25) is 0 Å². The second kappa shape index (κ2) is 6.41. The lowest BCUT2D eigenvalue weighted by molar-refractivity contribution is 0.161. The molecule has 1 aromatic rings. The minimum atomic E-state index is 0.752. The Morgan fingerprint density at radius 3 is 2.65 bits per heavy atom. The Morgan fingerprint density at radius 2 is 1.94 bits per heavy atom. The first-order valence-corrected chi connectivity index (χ1v) is 6.33. The smallest absolute Gasteiger partial charge is 0.0713 e. The maximum atomic E-state index is 5.69. The van der Waals surface area contributed by atoms with E-state index in [-0.39, 0.29) is 0 Å². The first kappa shape index (κ1) is 12.1. The number of aryl methyl sites for hydroxylation is 1. The molecule has 1 aromatic carbocycles. The lowest BCUT2D eigenvalue weighted by Crippen LogP contribution is -2.02. The first-order valence-electron chi connectivity index (χ1n) is 6.33. The van der Waals surface area contributed by atoms with Crippen molar-refractivity contribution in [3.63, 3.8) is 0 Å². The Kier molecular flexibility index (Phi) is 4.57. The Balaban J connectivity index is 1.67. The third-order valence-electron chi connectivity index (χ3n) is 3.00. The molecular weight excluding hydrogens is 208 g/mol. The van der Waals surface area contributed by atoms with Crippen LogP contribution < -0.4 is 0 Å². The van der Waals surface area contributed by atoms with E-state index in [1.807, 2.05) is 0 Å². The minimum Gasteiger partial charge on any atom is -0.376 e. The van der Waals surface area contributed by atoms with Crippen LogP contribution in [0.5, 0.6) is 0 Å². The molecule has 1 heteroatoms. The van der Waals surface area contributed by atoms with Gasteiger partial charge in [0, 0.05) is 0 Å². The molecule has 0 aromatic heterocycles. The van der Waals surface area contributed by atoms with Crippen molar-refractivity contribution >= 4 is 0 Å².